The van der Waals surface area contributed by atoms with Gasteiger partial charge in [-0.05, 0) is 0 Å². The molecule has 5 atom stereocenters. The van der Waals surface area contributed by atoms with E-state index in [-0.39, 0.29) is 29.6 Å². The molecule has 0 aromatic rings. The first kappa shape index (κ1) is 13.8. The third kappa shape index (κ3) is 2.85. The first-order valence-electron chi connectivity index (χ1n) is 3.54. The molecule has 1 unspecified atom stereocenters. The van der Waals surface area contributed by atoms with E-state index in [1.165, 1.54) is 0 Å². The van der Waals surface area contributed by atoms with Gasteiger partial charge >= 0.3 is 29.6 Å². The van der Waals surface area contributed by atoms with E-state index >= 15 is 0 Å². The molecule has 0 radical (unpaired) electrons. The van der Waals surface area contributed by atoms with Crippen LogP contribution in [0.2, 0.25) is 0 Å². The summed E-state index contributed by atoms with van der Waals surface area (Å²) in [5.41, 5.74) is 0. The molecule has 1 aliphatic heterocycles. The van der Waals surface area contributed by atoms with Crippen molar-refractivity contribution in [2.45, 2.75) is 30.7 Å². The molecule has 0 aliphatic carbocycles. The number of rotatable bonds is 1. The minimum atomic E-state index is -1.82. The number of hydrogen-bond donors (Lipinski definition) is 4. The van der Waals surface area contributed by atoms with Crippen LogP contribution in [0.3, 0.4) is 0 Å². The van der Waals surface area contributed by atoms with E-state index in [1.807, 2.05) is 0 Å². The van der Waals surface area contributed by atoms with E-state index in [1.54, 1.807) is 0 Å². The molecule has 13 heavy (non-hydrogen) atoms. The zero-order valence-corrected chi connectivity index (χ0v) is 9.20. The second-order valence-corrected chi connectivity index (χ2v) is 2.70. The van der Waals surface area contributed by atoms with Crippen molar-refractivity contribution in [3.05, 3.63) is 0 Å². The number of ether oxygens (including phenoxy) is 1. The Hall–Kier alpha value is 0.760. The van der Waals surface area contributed by atoms with Crippen molar-refractivity contribution < 1.29 is 59.8 Å². The summed E-state index contributed by atoms with van der Waals surface area (Å²) in [6.45, 7) is -0.566. The summed E-state index contributed by atoms with van der Waals surface area (Å²) >= 11 is 0. The molecule has 0 spiro atoms. The third-order valence-corrected chi connectivity index (χ3v) is 1.85. The molecule has 4 N–H and O–H groups in total. The van der Waals surface area contributed by atoms with Gasteiger partial charge in [-0.15, -0.1) is 0 Å². The van der Waals surface area contributed by atoms with Crippen molar-refractivity contribution in [2.75, 3.05) is 6.61 Å². The van der Waals surface area contributed by atoms with Gasteiger partial charge in [0.1, 0.15) is 18.3 Å². The second kappa shape index (κ2) is 5.59. The molecule has 1 saturated heterocycles. The average Bonchev–Trinajstić information content (AvgIpc) is 2.08. The summed E-state index contributed by atoms with van der Waals surface area (Å²) in [5, 5.41) is 46.3. The van der Waals surface area contributed by atoms with Crippen LogP contribution in [0.15, 0.2) is 0 Å². The molecular weight excluding hydrogens is 191 g/mol. The molecule has 0 aromatic heterocycles. The topological polar surface area (TPSA) is 113 Å². The SMILES string of the molecule is [Na+].[O-]C1O[C@H](CO)[C@@H](O)[C@H](O)[C@H]1O. The maximum atomic E-state index is 10.7. The summed E-state index contributed by atoms with van der Waals surface area (Å²) in [6.07, 6.45) is -7.57. The number of aliphatic hydroxyl groups is 4. The Morgan fingerprint density at radius 1 is 1.08 bits per heavy atom. The van der Waals surface area contributed by atoms with Crippen LogP contribution in [0, 0.1) is 0 Å². The predicted molar refractivity (Wildman–Crippen MR) is 33.8 cm³/mol. The zero-order chi connectivity index (χ0) is 9.30. The van der Waals surface area contributed by atoms with Gasteiger partial charge in [-0.2, -0.15) is 0 Å². The maximum Gasteiger partial charge on any atom is 1.00 e. The monoisotopic (exact) mass is 202 g/mol. The van der Waals surface area contributed by atoms with E-state index < -0.39 is 37.3 Å². The smallest absolute Gasteiger partial charge is 0.829 e. The van der Waals surface area contributed by atoms with Gasteiger partial charge in [0.2, 0.25) is 0 Å². The van der Waals surface area contributed by atoms with E-state index in [0.29, 0.717) is 0 Å². The van der Waals surface area contributed by atoms with Gasteiger partial charge in [0.25, 0.3) is 0 Å². The summed E-state index contributed by atoms with van der Waals surface area (Å²) in [4.78, 5) is 0. The molecule has 0 aromatic carbocycles. The predicted octanol–water partition coefficient (Wildman–Crippen LogP) is -6.85. The normalized spacial score (nSPS) is 45.5. The van der Waals surface area contributed by atoms with Gasteiger partial charge in [-0.25, -0.2) is 0 Å². The van der Waals surface area contributed by atoms with E-state index in [4.69, 9.17) is 20.4 Å². The van der Waals surface area contributed by atoms with Crippen LogP contribution in [0.5, 0.6) is 0 Å². The summed E-state index contributed by atoms with van der Waals surface area (Å²) in [7, 11) is 0. The molecule has 6 nitrogen and oxygen atoms in total. The van der Waals surface area contributed by atoms with Gasteiger partial charge in [0, 0.05) is 6.29 Å². The van der Waals surface area contributed by atoms with Crippen LogP contribution in [-0.2, 0) is 4.74 Å². The second-order valence-electron chi connectivity index (χ2n) is 2.70. The Morgan fingerprint density at radius 2 is 1.62 bits per heavy atom. The molecule has 0 amide bonds. The standard InChI is InChI=1S/C6H11O6.Na/c7-1-2-3(8)4(9)5(10)6(11)12-2;/h2-10H,1H2;/q-1;+1/t2-,3-,4+,5-,6?;/m1./s1. The first-order valence-corrected chi connectivity index (χ1v) is 3.54. The van der Waals surface area contributed by atoms with Crippen LogP contribution in [-0.4, -0.2) is 57.7 Å². The first-order chi connectivity index (χ1) is 5.57. The Labute approximate surface area is 97.1 Å². The molecule has 0 saturated carbocycles. The minimum Gasteiger partial charge on any atom is -0.829 e. The van der Waals surface area contributed by atoms with Crippen molar-refractivity contribution in [3.63, 3.8) is 0 Å². The van der Waals surface area contributed by atoms with Crippen LogP contribution in [0.1, 0.15) is 0 Å². The summed E-state index contributed by atoms with van der Waals surface area (Å²) in [6, 6.07) is 0. The largest absolute Gasteiger partial charge is 1.00 e. The van der Waals surface area contributed by atoms with Crippen molar-refractivity contribution in [1.82, 2.24) is 0 Å². The summed E-state index contributed by atoms with van der Waals surface area (Å²) < 4.78 is 4.46. The molecule has 1 rings (SSSR count). The fraction of sp³-hybridized carbons (Fsp3) is 1.00. The number of hydrogen-bond acceptors (Lipinski definition) is 6. The van der Waals surface area contributed by atoms with Crippen LogP contribution in [0.4, 0.5) is 0 Å². The Bertz CT molecular complexity index is 151. The molecule has 7 heteroatoms. The quantitative estimate of drug-likeness (QED) is 0.314. The molecule has 0 bridgehead atoms. The van der Waals surface area contributed by atoms with E-state index in [9.17, 15) is 5.11 Å². The third-order valence-electron chi connectivity index (χ3n) is 1.85. The maximum absolute atomic E-state index is 10.7. The molecule has 1 fully saturated rings. The fourth-order valence-corrected chi connectivity index (χ4v) is 1.07. The van der Waals surface area contributed by atoms with Crippen molar-refractivity contribution in [1.29, 1.82) is 0 Å². The molecule has 1 aliphatic rings. The van der Waals surface area contributed by atoms with Gasteiger partial charge in [-0.3, -0.25) is 0 Å². The zero-order valence-electron chi connectivity index (χ0n) is 7.20. The van der Waals surface area contributed by atoms with Crippen molar-refractivity contribution in [2.24, 2.45) is 0 Å². The van der Waals surface area contributed by atoms with Crippen LogP contribution >= 0.6 is 0 Å². The molecule has 72 valence electrons. The Balaban J connectivity index is 0.00000144. The van der Waals surface area contributed by atoms with Gasteiger partial charge in [0.05, 0.1) is 12.7 Å². The Kier molecular flexibility index (Phi) is 5.92. The van der Waals surface area contributed by atoms with Crippen molar-refractivity contribution in [3.8, 4) is 0 Å². The summed E-state index contributed by atoms with van der Waals surface area (Å²) in [5.74, 6) is 0. The van der Waals surface area contributed by atoms with E-state index in [2.05, 4.69) is 4.74 Å². The average molecular weight is 202 g/mol. The van der Waals surface area contributed by atoms with Gasteiger partial charge in [0.15, 0.2) is 0 Å². The Morgan fingerprint density at radius 3 is 2.08 bits per heavy atom. The van der Waals surface area contributed by atoms with Crippen LogP contribution in [0.25, 0.3) is 0 Å². The van der Waals surface area contributed by atoms with Crippen LogP contribution < -0.4 is 34.7 Å². The molecular formula is C6H11NaO6. The molecule has 1 heterocycles. The van der Waals surface area contributed by atoms with Gasteiger partial charge in [-0.1, -0.05) is 0 Å². The van der Waals surface area contributed by atoms with Gasteiger partial charge < -0.3 is 30.3 Å². The number of aliphatic hydroxyl groups excluding tert-OH is 4. The fourth-order valence-electron chi connectivity index (χ4n) is 1.07. The van der Waals surface area contributed by atoms with Crippen molar-refractivity contribution >= 4 is 0 Å². The minimum absolute atomic E-state index is 0. The van der Waals surface area contributed by atoms with E-state index in [0.717, 1.165) is 0 Å².